The Bertz CT molecular complexity index is 153. The second-order valence-electron chi connectivity index (χ2n) is 5.54. The Labute approximate surface area is 103 Å². The lowest BCUT2D eigenvalue weighted by molar-refractivity contribution is 0.225. The molecule has 0 heterocycles. The first kappa shape index (κ1) is 15.9. The van der Waals surface area contributed by atoms with Gasteiger partial charge in [-0.15, -0.1) is 0 Å². The summed E-state index contributed by atoms with van der Waals surface area (Å²) in [5.74, 6) is 1.60. The molecule has 0 aromatic rings. The molecule has 1 atom stereocenters. The van der Waals surface area contributed by atoms with E-state index in [4.69, 9.17) is 0 Å². The molecular weight excluding hydrogens is 196 g/mol. The Morgan fingerprint density at radius 1 is 0.938 bits per heavy atom. The van der Waals surface area contributed by atoms with Gasteiger partial charge in [-0.2, -0.15) is 0 Å². The maximum Gasteiger partial charge on any atom is 0.000726 e. The normalized spacial score (nSPS) is 14.1. The smallest absolute Gasteiger partial charge is 0.000726 e. The molecule has 2 nitrogen and oxygen atoms in total. The van der Waals surface area contributed by atoms with Gasteiger partial charge in [-0.05, 0) is 44.9 Å². The summed E-state index contributed by atoms with van der Waals surface area (Å²) in [4.78, 5) is 4.98. The van der Waals surface area contributed by atoms with Crippen LogP contribution >= 0.6 is 0 Å². The Morgan fingerprint density at radius 2 is 1.50 bits per heavy atom. The minimum atomic E-state index is 0.781. The third kappa shape index (κ3) is 8.12. The number of hydrogen-bond acceptors (Lipinski definition) is 2. The van der Waals surface area contributed by atoms with E-state index in [0.29, 0.717) is 0 Å². The van der Waals surface area contributed by atoms with Gasteiger partial charge in [0.05, 0.1) is 0 Å². The van der Waals surface area contributed by atoms with Crippen LogP contribution < -0.4 is 0 Å². The zero-order valence-electron chi connectivity index (χ0n) is 12.3. The van der Waals surface area contributed by atoms with Gasteiger partial charge < -0.3 is 9.80 Å². The van der Waals surface area contributed by atoms with Crippen LogP contribution in [0.5, 0.6) is 0 Å². The molecular formula is C14H32N2. The van der Waals surface area contributed by atoms with Crippen molar-refractivity contribution in [3.8, 4) is 0 Å². The topological polar surface area (TPSA) is 6.48 Å². The zero-order valence-corrected chi connectivity index (χ0v) is 12.3. The zero-order chi connectivity index (χ0) is 12.6. The van der Waals surface area contributed by atoms with Crippen molar-refractivity contribution in [1.29, 1.82) is 0 Å². The largest absolute Gasteiger partial charge is 0.306 e. The van der Waals surface area contributed by atoms with Crippen LogP contribution in [0.4, 0.5) is 0 Å². The van der Waals surface area contributed by atoms with Gasteiger partial charge in [0.1, 0.15) is 0 Å². The van der Waals surface area contributed by atoms with Crippen molar-refractivity contribution in [2.24, 2.45) is 11.8 Å². The summed E-state index contributed by atoms with van der Waals surface area (Å²) in [7, 11) is 2.24. The third-order valence-electron chi connectivity index (χ3n) is 3.14. The lowest BCUT2D eigenvalue weighted by atomic mass is 10.1. The predicted octanol–water partition coefficient (Wildman–Crippen LogP) is 2.94. The van der Waals surface area contributed by atoms with Crippen molar-refractivity contribution in [1.82, 2.24) is 9.80 Å². The lowest BCUT2D eigenvalue weighted by Crippen LogP contribution is -2.31. The molecule has 0 aromatic carbocycles. The summed E-state index contributed by atoms with van der Waals surface area (Å²) in [6.45, 7) is 17.5. The van der Waals surface area contributed by atoms with Crippen LogP contribution in [-0.2, 0) is 0 Å². The van der Waals surface area contributed by atoms with Gasteiger partial charge in [0.2, 0.25) is 0 Å². The molecule has 1 unspecified atom stereocenters. The van der Waals surface area contributed by atoms with E-state index in [1.54, 1.807) is 0 Å². The molecule has 0 aromatic heterocycles. The lowest BCUT2D eigenvalue weighted by Gasteiger charge is -2.25. The van der Waals surface area contributed by atoms with Crippen LogP contribution in [0.25, 0.3) is 0 Å². The highest BCUT2D eigenvalue weighted by Crippen LogP contribution is 2.07. The van der Waals surface area contributed by atoms with Crippen molar-refractivity contribution >= 4 is 0 Å². The second kappa shape index (κ2) is 9.00. The highest BCUT2D eigenvalue weighted by Gasteiger charge is 2.09. The summed E-state index contributed by atoms with van der Waals surface area (Å²) in [6.07, 6.45) is 1.32. The third-order valence-corrected chi connectivity index (χ3v) is 3.14. The van der Waals surface area contributed by atoms with Crippen molar-refractivity contribution in [3.05, 3.63) is 0 Å². The predicted molar refractivity (Wildman–Crippen MR) is 73.9 cm³/mol. The van der Waals surface area contributed by atoms with Crippen molar-refractivity contribution in [3.63, 3.8) is 0 Å². The van der Waals surface area contributed by atoms with E-state index in [9.17, 15) is 0 Å². The molecule has 0 aliphatic carbocycles. The summed E-state index contributed by atoms with van der Waals surface area (Å²) in [5.41, 5.74) is 0. The first-order chi connectivity index (χ1) is 7.49. The number of hydrogen-bond donors (Lipinski definition) is 0. The number of nitrogens with zero attached hydrogens (tertiary/aromatic N) is 2. The highest BCUT2D eigenvalue weighted by atomic mass is 15.1. The fourth-order valence-electron chi connectivity index (χ4n) is 2.17. The molecule has 0 bridgehead atoms. The fourth-order valence-corrected chi connectivity index (χ4v) is 2.17. The molecule has 0 spiro atoms. The summed E-state index contributed by atoms with van der Waals surface area (Å²) < 4.78 is 0. The Morgan fingerprint density at radius 3 is 1.94 bits per heavy atom. The first-order valence-corrected chi connectivity index (χ1v) is 6.90. The summed E-state index contributed by atoms with van der Waals surface area (Å²) in [5, 5.41) is 0. The van der Waals surface area contributed by atoms with E-state index in [1.807, 2.05) is 0 Å². The van der Waals surface area contributed by atoms with E-state index in [0.717, 1.165) is 11.8 Å². The van der Waals surface area contributed by atoms with E-state index >= 15 is 0 Å². The van der Waals surface area contributed by atoms with Gasteiger partial charge >= 0.3 is 0 Å². The maximum absolute atomic E-state index is 2.52. The Balaban J connectivity index is 3.67. The molecule has 0 aliphatic heterocycles. The quantitative estimate of drug-likeness (QED) is 0.599. The molecule has 16 heavy (non-hydrogen) atoms. The van der Waals surface area contributed by atoms with E-state index < -0.39 is 0 Å². The minimum absolute atomic E-state index is 0.781. The van der Waals surface area contributed by atoms with Crippen LogP contribution in [0.1, 0.15) is 41.0 Å². The van der Waals surface area contributed by atoms with Crippen LogP contribution in [0.2, 0.25) is 0 Å². The monoisotopic (exact) mass is 228 g/mol. The van der Waals surface area contributed by atoms with Crippen LogP contribution in [0.15, 0.2) is 0 Å². The molecule has 0 aliphatic rings. The molecule has 0 rings (SSSR count). The van der Waals surface area contributed by atoms with Crippen LogP contribution in [0.3, 0.4) is 0 Å². The SMILES string of the molecule is CCN(CC)CC(C)CCN(C)CC(C)C. The van der Waals surface area contributed by atoms with Gasteiger partial charge in [-0.3, -0.25) is 0 Å². The van der Waals surface area contributed by atoms with Crippen molar-refractivity contribution in [2.45, 2.75) is 41.0 Å². The maximum atomic E-state index is 2.52. The van der Waals surface area contributed by atoms with Gasteiger partial charge in [0, 0.05) is 13.1 Å². The molecule has 0 fully saturated rings. The van der Waals surface area contributed by atoms with Gasteiger partial charge in [-0.25, -0.2) is 0 Å². The summed E-state index contributed by atoms with van der Waals surface area (Å²) >= 11 is 0. The first-order valence-electron chi connectivity index (χ1n) is 6.90. The minimum Gasteiger partial charge on any atom is -0.306 e. The molecule has 98 valence electrons. The Kier molecular flexibility index (Phi) is 8.96. The Hall–Kier alpha value is -0.0800. The number of rotatable bonds is 9. The molecule has 0 radical (unpaired) electrons. The summed E-state index contributed by atoms with van der Waals surface area (Å²) in [6, 6.07) is 0. The van der Waals surface area contributed by atoms with Gasteiger partial charge in [-0.1, -0.05) is 34.6 Å². The van der Waals surface area contributed by atoms with Crippen molar-refractivity contribution in [2.75, 3.05) is 39.8 Å². The average molecular weight is 228 g/mol. The molecule has 2 heteroatoms. The highest BCUT2D eigenvalue weighted by molar-refractivity contribution is 4.63. The van der Waals surface area contributed by atoms with E-state index in [-0.39, 0.29) is 0 Å². The van der Waals surface area contributed by atoms with Crippen LogP contribution in [-0.4, -0.2) is 49.6 Å². The van der Waals surface area contributed by atoms with E-state index in [1.165, 1.54) is 39.1 Å². The van der Waals surface area contributed by atoms with Crippen LogP contribution in [0, 0.1) is 11.8 Å². The van der Waals surface area contributed by atoms with Gasteiger partial charge in [0.15, 0.2) is 0 Å². The molecule has 0 saturated heterocycles. The second-order valence-corrected chi connectivity index (χ2v) is 5.54. The van der Waals surface area contributed by atoms with Gasteiger partial charge in [0.25, 0.3) is 0 Å². The van der Waals surface area contributed by atoms with Crippen molar-refractivity contribution < 1.29 is 0 Å². The fraction of sp³-hybridized carbons (Fsp3) is 1.00. The molecule has 0 saturated carbocycles. The standard InChI is InChI=1S/C14H32N2/c1-7-16(8-2)12-14(5)9-10-15(6)11-13(3)4/h13-14H,7-12H2,1-6H3. The average Bonchev–Trinajstić information content (AvgIpc) is 2.22. The van der Waals surface area contributed by atoms with E-state index in [2.05, 4.69) is 51.5 Å². The molecule has 0 N–H and O–H groups in total. The molecule has 0 amide bonds.